The summed E-state index contributed by atoms with van der Waals surface area (Å²) < 4.78 is 4.80. The van der Waals surface area contributed by atoms with Gasteiger partial charge in [-0.2, -0.15) is 0 Å². The molecule has 0 aliphatic heterocycles. The van der Waals surface area contributed by atoms with E-state index in [9.17, 15) is 9.59 Å². The van der Waals surface area contributed by atoms with E-state index in [0.29, 0.717) is 19.7 Å². The monoisotopic (exact) mass is 264 g/mol. The minimum absolute atomic E-state index is 0.157. The van der Waals surface area contributed by atoms with E-state index >= 15 is 0 Å². The summed E-state index contributed by atoms with van der Waals surface area (Å²) >= 11 is 0. The highest BCUT2D eigenvalue weighted by molar-refractivity contribution is 5.96. The van der Waals surface area contributed by atoms with Crippen molar-refractivity contribution in [3.8, 4) is 0 Å². The molecule has 0 radical (unpaired) electrons. The summed E-state index contributed by atoms with van der Waals surface area (Å²) in [5.41, 5.74) is 2.16. The van der Waals surface area contributed by atoms with Gasteiger partial charge in [-0.3, -0.25) is 9.59 Å². The smallest absolute Gasteiger partial charge is 0.229 e. The van der Waals surface area contributed by atoms with Crippen molar-refractivity contribution in [1.29, 1.82) is 0 Å². The lowest BCUT2D eigenvalue weighted by Gasteiger charge is -2.07. The molecule has 0 bridgehead atoms. The molecule has 2 amide bonds. The Balaban J connectivity index is 2.26. The maximum Gasteiger partial charge on any atom is 0.229 e. The SMILES string of the molecule is COCCNC(=O)CC(=O)NCc1cccc(C)c1. The van der Waals surface area contributed by atoms with Gasteiger partial charge in [-0.1, -0.05) is 29.8 Å². The number of hydrogen-bond donors (Lipinski definition) is 2. The van der Waals surface area contributed by atoms with Crippen LogP contribution in [0.25, 0.3) is 0 Å². The molecule has 0 saturated heterocycles. The van der Waals surface area contributed by atoms with Crippen LogP contribution in [0.1, 0.15) is 17.5 Å². The summed E-state index contributed by atoms with van der Waals surface area (Å²) in [7, 11) is 1.56. The van der Waals surface area contributed by atoms with Crippen molar-refractivity contribution in [2.45, 2.75) is 19.9 Å². The van der Waals surface area contributed by atoms with E-state index in [4.69, 9.17) is 4.74 Å². The molecule has 0 unspecified atom stereocenters. The van der Waals surface area contributed by atoms with Crippen molar-refractivity contribution >= 4 is 11.8 Å². The van der Waals surface area contributed by atoms with Crippen LogP contribution >= 0.6 is 0 Å². The summed E-state index contributed by atoms with van der Waals surface area (Å²) in [6.07, 6.45) is -0.157. The summed E-state index contributed by atoms with van der Waals surface area (Å²) in [6, 6.07) is 7.87. The number of carbonyl (C=O) groups is 2. The summed E-state index contributed by atoms with van der Waals surface area (Å²) in [5, 5.41) is 5.31. The molecule has 104 valence electrons. The predicted octanol–water partition coefficient (Wildman–Crippen LogP) is 0.764. The zero-order valence-electron chi connectivity index (χ0n) is 11.4. The summed E-state index contributed by atoms with van der Waals surface area (Å²) in [4.78, 5) is 22.9. The van der Waals surface area contributed by atoms with Crippen LogP contribution in [0.15, 0.2) is 24.3 Å². The van der Waals surface area contributed by atoms with Crippen LogP contribution in [0.5, 0.6) is 0 Å². The second-order valence-corrected chi connectivity index (χ2v) is 4.29. The Morgan fingerprint density at radius 1 is 1.21 bits per heavy atom. The third-order valence-corrected chi connectivity index (χ3v) is 2.52. The van der Waals surface area contributed by atoms with Crippen molar-refractivity contribution in [2.24, 2.45) is 0 Å². The van der Waals surface area contributed by atoms with Gasteiger partial charge in [0.25, 0.3) is 0 Å². The Morgan fingerprint density at radius 3 is 2.63 bits per heavy atom. The average Bonchev–Trinajstić information content (AvgIpc) is 2.37. The van der Waals surface area contributed by atoms with Gasteiger partial charge in [-0.25, -0.2) is 0 Å². The Bertz CT molecular complexity index is 432. The molecule has 5 nitrogen and oxygen atoms in total. The number of carbonyl (C=O) groups excluding carboxylic acids is 2. The van der Waals surface area contributed by atoms with Gasteiger partial charge in [0.2, 0.25) is 11.8 Å². The normalized spacial score (nSPS) is 10.0. The number of methoxy groups -OCH3 is 1. The number of aryl methyl sites for hydroxylation is 1. The molecule has 1 aromatic rings. The molecule has 0 heterocycles. The first-order valence-electron chi connectivity index (χ1n) is 6.19. The lowest BCUT2D eigenvalue weighted by Crippen LogP contribution is -2.33. The standard InChI is InChI=1S/C14H20N2O3/c1-11-4-3-5-12(8-11)10-16-14(18)9-13(17)15-6-7-19-2/h3-5,8H,6-7,9-10H2,1-2H3,(H,15,17)(H,16,18). The maximum absolute atomic E-state index is 11.5. The first kappa shape index (κ1) is 15.2. The lowest BCUT2D eigenvalue weighted by molar-refractivity contribution is -0.129. The zero-order chi connectivity index (χ0) is 14.1. The fraction of sp³-hybridized carbons (Fsp3) is 0.429. The Labute approximate surface area is 113 Å². The summed E-state index contributed by atoms with van der Waals surface area (Å²) in [6.45, 7) is 3.29. The van der Waals surface area contributed by atoms with Gasteiger partial charge in [-0.05, 0) is 12.5 Å². The van der Waals surface area contributed by atoms with Gasteiger partial charge in [0.15, 0.2) is 0 Å². The molecular weight excluding hydrogens is 244 g/mol. The van der Waals surface area contributed by atoms with Gasteiger partial charge >= 0.3 is 0 Å². The third kappa shape index (κ3) is 6.57. The van der Waals surface area contributed by atoms with Gasteiger partial charge < -0.3 is 15.4 Å². The second-order valence-electron chi connectivity index (χ2n) is 4.29. The molecule has 0 fully saturated rings. The van der Waals surface area contributed by atoms with Crippen LogP contribution in [-0.2, 0) is 20.9 Å². The van der Waals surface area contributed by atoms with E-state index in [-0.39, 0.29) is 18.2 Å². The number of amides is 2. The molecule has 0 saturated carbocycles. The van der Waals surface area contributed by atoms with E-state index < -0.39 is 0 Å². The quantitative estimate of drug-likeness (QED) is 0.564. The molecule has 1 aromatic carbocycles. The Morgan fingerprint density at radius 2 is 1.95 bits per heavy atom. The molecule has 5 heteroatoms. The molecule has 0 aromatic heterocycles. The van der Waals surface area contributed by atoms with E-state index in [1.165, 1.54) is 0 Å². The zero-order valence-corrected chi connectivity index (χ0v) is 11.4. The molecule has 19 heavy (non-hydrogen) atoms. The Kier molecular flexibility index (Phi) is 6.60. The van der Waals surface area contributed by atoms with Gasteiger partial charge in [0.1, 0.15) is 6.42 Å². The first-order valence-corrected chi connectivity index (χ1v) is 6.19. The van der Waals surface area contributed by atoms with Crippen molar-refractivity contribution in [3.05, 3.63) is 35.4 Å². The summed E-state index contributed by atoms with van der Waals surface area (Å²) in [5.74, 6) is -0.574. The Hall–Kier alpha value is -1.88. The van der Waals surface area contributed by atoms with Crippen LogP contribution in [0, 0.1) is 6.92 Å². The highest BCUT2D eigenvalue weighted by Gasteiger charge is 2.08. The highest BCUT2D eigenvalue weighted by Crippen LogP contribution is 2.03. The van der Waals surface area contributed by atoms with Gasteiger partial charge in [0, 0.05) is 20.2 Å². The highest BCUT2D eigenvalue weighted by atomic mass is 16.5. The van der Waals surface area contributed by atoms with Gasteiger partial charge in [-0.15, -0.1) is 0 Å². The minimum atomic E-state index is -0.293. The maximum atomic E-state index is 11.5. The van der Waals surface area contributed by atoms with Crippen molar-refractivity contribution in [3.63, 3.8) is 0 Å². The minimum Gasteiger partial charge on any atom is -0.383 e. The van der Waals surface area contributed by atoms with Crippen LogP contribution in [0.4, 0.5) is 0 Å². The third-order valence-electron chi connectivity index (χ3n) is 2.52. The number of nitrogens with one attached hydrogen (secondary N) is 2. The van der Waals surface area contributed by atoms with Crippen LogP contribution in [-0.4, -0.2) is 32.1 Å². The number of benzene rings is 1. The largest absolute Gasteiger partial charge is 0.383 e. The van der Waals surface area contributed by atoms with Gasteiger partial charge in [0.05, 0.1) is 6.61 Å². The fourth-order valence-electron chi connectivity index (χ4n) is 1.59. The molecule has 1 rings (SSSR count). The average molecular weight is 264 g/mol. The van der Waals surface area contributed by atoms with E-state index in [2.05, 4.69) is 10.6 Å². The number of hydrogen-bond acceptors (Lipinski definition) is 3. The lowest BCUT2D eigenvalue weighted by atomic mass is 10.1. The molecule has 2 N–H and O–H groups in total. The molecular formula is C14H20N2O3. The van der Waals surface area contributed by atoms with Crippen LogP contribution in [0.3, 0.4) is 0 Å². The van der Waals surface area contributed by atoms with Crippen molar-refractivity contribution < 1.29 is 14.3 Å². The topological polar surface area (TPSA) is 67.4 Å². The van der Waals surface area contributed by atoms with Crippen LogP contribution in [0.2, 0.25) is 0 Å². The molecule has 0 atom stereocenters. The van der Waals surface area contributed by atoms with Crippen molar-refractivity contribution in [1.82, 2.24) is 10.6 Å². The molecule has 0 aliphatic rings. The van der Waals surface area contributed by atoms with Crippen LogP contribution < -0.4 is 10.6 Å². The first-order chi connectivity index (χ1) is 9.11. The number of rotatable bonds is 7. The number of ether oxygens (including phenoxy) is 1. The van der Waals surface area contributed by atoms with E-state index in [1.807, 2.05) is 31.2 Å². The van der Waals surface area contributed by atoms with Crippen molar-refractivity contribution in [2.75, 3.05) is 20.3 Å². The second kappa shape index (κ2) is 8.26. The predicted molar refractivity (Wildman–Crippen MR) is 72.5 cm³/mol. The fourth-order valence-corrected chi connectivity index (χ4v) is 1.59. The molecule has 0 spiro atoms. The van der Waals surface area contributed by atoms with E-state index in [1.54, 1.807) is 7.11 Å². The molecule has 0 aliphatic carbocycles. The van der Waals surface area contributed by atoms with E-state index in [0.717, 1.165) is 11.1 Å².